The van der Waals surface area contributed by atoms with Crippen molar-refractivity contribution in [2.75, 3.05) is 0 Å². The van der Waals surface area contributed by atoms with Gasteiger partial charge in [0.15, 0.2) is 7.14 Å². The molecule has 27 heavy (non-hydrogen) atoms. The quantitative estimate of drug-likeness (QED) is 0.291. The van der Waals surface area contributed by atoms with E-state index in [-0.39, 0.29) is 0 Å². The van der Waals surface area contributed by atoms with Crippen molar-refractivity contribution in [2.24, 2.45) is 0 Å². The lowest BCUT2D eigenvalue weighted by Crippen LogP contribution is -2.33. The zero-order valence-electron chi connectivity index (χ0n) is 16.5. The number of hydrogen-bond acceptors (Lipinski definition) is 2. The number of unbranched alkanes of at least 4 members (excludes halogenated alkanes) is 5. The topological polar surface area (TPSA) is 37.3 Å². The van der Waals surface area contributed by atoms with E-state index in [2.05, 4.69) is 13.5 Å². The highest BCUT2D eigenvalue weighted by atomic mass is 31.2. The number of aliphatic hydroxyl groups excluding tert-OH is 1. The summed E-state index contributed by atoms with van der Waals surface area (Å²) in [6.45, 7) is 6.15. The molecule has 2 rings (SSSR count). The maximum Gasteiger partial charge on any atom is 0.152 e. The second-order valence-electron chi connectivity index (χ2n) is 7.18. The van der Waals surface area contributed by atoms with Crippen molar-refractivity contribution in [1.82, 2.24) is 0 Å². The Kier molecular flexibility index (Phi) is 9.04. The molecule has 0 saturated carbocycles. The molecule has 2 nitrogen and oxygen atoms in total. The van der Waals surface area contributed by atoms with Crippen LogP contribution in [0.5, 0.6) is 0 Å². The Morgan fingerprint density at radius 2 is 1.37 bits per heavy atom. The summed E-state index contributed by atoms with van der Waals surface area (Å²) in [6, 6.07) is 19.1. The van der Waals surface area contributed by atoms with Crippen molar-refractivity contribution in [2.45, 2.75) is 63.6 Å². The standard InChI is InChI=1S/C24H33O2P/c1-3-5-6-7-8-15-20-23(25)24(4-2)27(26,21-16-11-9-12-17-21)22-18-13-10-14-19-22/h4,9-14,16-19,23-25H,2-3,5-8,15,20H2,1H3/t23-,24+/m0/s1. The molecule has 2 aromatic rings. The van der Waals surface area contributed by atoms with Gasteiger partial charge < -0.3 is 9.67 Å². The summed E-state index contributed by atoms with van der Waals surface area (Å²) >= 11 is 0. The summed E-state index contributed by atoms with van der Waals surface area (Å²) in [5, 5.41) is 12.5. The Morgan fingerprint density at radius 1 is 0.889 bits per heavy atom. The molecule has 0 spiro atoms. The van der Waals surface area contributed by atoms with Crippen molar-refractivity contribution in [1.29, 1.82) is 0 Å². The molecule has 146 valence electrons. The van der Waals surface area contributed by atoms with E-state index in [1.807, 2.05) is 60.7 Å². The summed E-state index contributed by atoms with van der Waals surface area (Å²) in [7, 11) is -3.02. The van der Waals surface area contributed by atoms with E-state index in [1.54, 1.807) is 6.08 Å². The Hall–Kier alpha value is -1.63. The molecule has 0 bridgehead atoms. The van der Waals surface area contributed by atoms with Gasteiger partial charge in [0.2, 0.25) is 0 Å². The van der Waals surface area contributed by atoms with Crippen LogP contribution in [0.4, 0.5) is 0 Å². The van der Waals surface area contributed by atoms with Gasteiger partial charge in [0.25, 0.3) is 0 Å². The SMILES string of the molecule is C=C[C@H]([C@@H](O)CCCCCCCC)P(=O)(c1ccccc1)c1ccccc1. The molecule has 0 amide bonds. The Balaban J connectivity index is 2.20. The van der Waals surface area contributed by atoms with E-state index >= 15 is 0 Å². The highest BCUT2D eigenvalue weighted by Crippen LogP contribution is 2.51. The van der Waals surface area contributed by atoms with E-state index < -0.39 is 18.9 Å². The van der Waals surface area contributed by atoms with Gasteiger partial charge in [-0.1, -0.05) is 112 Å². The fourth-order valence-corrected chi connectivity index (χ4v) is 6.79. The minimum absolute atomic E-state index is 0.474. The highest BCUT2D eigenvalue weighted by molar-refractivity contribution is 7.79. The van der Waals surface area contributed by atoms with Crippen LogP contribution in [-0.2, 0) is 4.57 Å². The molecule has 1 N–H and O–H groups in total. The number of benzene rings is 2. The zero-order valence-corrected chi connectivity index (χ0v) is 17.4. The van der Waals surface area contributed by atoms with Gasteiger partial charge in [0.05, 0.1) is 11.8 Å². The molecular formula is C24H33O2P. The van der Waals surface area contributed by atoms with Crippen LogP contribution in [-0.4, -0.2) is 16.9 Å². The minimum Gasteiger partial charge on any atom is -0.392 e. The maximum absolute atomic E-state index is 14.3. The second-order valence-corrected chi connectivity index (χ2v) is 10.1. The Bertz CT molecular complexity index is 668. The van der Waals surface area contributed by atoms with Gasteiger partial charge in [-0.2, -0.15) is 0 Å². The lowest BCUT2D eigenvalue weighted by Gasteiger charge is -2.30. The summed E-state index contributed by atoms with van der Waals surface area (Å²) in [5.74, 6) is 0. The van der Waals surface area contributed by atoms with Crippen LogP contribution >= 0.6 is 7.14 Å². The third kappa shape index (κ3) is 5.67. The van der Waals surface area contributed by atoms with Gasteiger partial charge in [-0.15, -0.1) is 6.58 Å². The number of hydrogen-bond donors (Lipinski definition) is 1. The third-order valence-electron chi connectivity index (χ3n) is 5.19. The van der Waals surface area contributed by atoms with Crippen LogP contribution in [0.25, 0.3) is 0 Å². The van der Waals surface area contributed by atoms with Crippen molar-refractivity contribution in [3.8, 4) is 0 Å². The first-order valence-corrected chi connectivity index (χ1v) is 11.9. The molecule has 0 aliphatic carbocycles. The first-order valence-electron chi connectivity index (χ1n) is 10.2. The lowest BCUT2D eigenvalue weighted by atomic mass is 10.1. The molecule has 0 fully saturated rings. The van der Waals surface area contributed by atoms with E-state index in [4.69, 9.17) is 0 Å². The molecule has 0 radical (unpaired) electrons. The minimum atomic E-state index is -3.02. The Labute approximate surface area is 164 Å². The van der Waals surface area contributed by atoms with Crippen molar-refractivity contribution in [3.05, 3.63) is 73.3 Å². The van der Waals surface area contributed by atoms with Gasteiger partial charge in [0, 0.05) is 10.6 Å². The Morgan fingerprint density at radius 3 is 1.85 bits per heavy atom. The summed E-state index contributed by atoms with van der Waals surface area (Å²) in [6.07, 6.45) is 8.74. The average Bonchev–Trinajstić information content (AvgIpc) is 2.72. The van der Waals surface area contributed by atoms with Crippen LogP contribution in [0.2, 0.25) is 0 Å². The second kappa shape index (κ2) is 11.3. The zero-order chi connectivity index (χ0) is 19.5. The largest absolute Gasteiger partial charge is 0.392 e. The number of rotatable bonds is 12. The predicted molar refractivity (Wildman–Crippen MR) is 118 cm³/mol. The lowest BCUT2D eigenvalue weighted by molar-refractivity contribution is 0.166. The van der Waals surface area contributed by atoms with Crippen molar-refractivity contribution in [3.63, 3.8) is 0 Å². The van der Waals surface area contributed by atoms with Crippen molar-refractivity contribution < 1.29 is 9.67 Å². The van der Waals surface area contributed by atoms with Crippen LogP contribution in [0.1, 0.15) is 51.9 Å². The van der Waals surface area contributed by atoms with E-state index in [0.717, 1.165) is 23.5 Å². The molecule has 0 aromatic heterocycles. The normalized spacial score (nSPS) is 13.9. The summed E-state index contributed by atoms with van der Waals surface area (Å²) in [4.78, 5) is 0. The molecule has 0 saturated heterocycles. The first kappa shape index (κ1) is 21.7. The van der Waals surface area contributed by atoms with E-state index in [0.29, 0.717) is 6.42 Å². The monoisotopic (exact) mass is 384 g/mol. The molecule has 2 atom stereocenters. The molecular weight excluding hydrogens is 351 g/mol. The first-order chi connectivity index (χ1) is 13.1. The van der Waals surface area contributed by atoms with Crippen LogP contribution in [0, 0.1) is 0 Å². The van der Waals surface area contributed by atoms with Crippen LogP contribution in [0.3, 0.4) is 0 Å². The smallest absolute Gasteiger partial charge is 0.152 e. The molecule has 2 aromatic carbocycles. The van der Waals surface area contributed by atoms with Crippen LogP contribution in [0.15, 0.2) is 73.3 Å². The molecule has 0 heterocycles. The van der Waals surface area contributed by atoms with Crippen molar-refractivity contribution >= 4 is 17.8 Å². The molecule has 3 heteroatoms. The highest BCUT2D eigenvalue weighted by Gasteiger charge is 2.38. The molecule has 0 aliphatic heterocycles. The van der Waals surface area contributed by atoms with Gasteiger partial charge in [-0.25, -0.2) is 0 Å². The number of aliphatic hydroxyl groups is 1. The van der Waals surface area contributed by atoms with Gasteiger partial charge in [-0.05, 0) is 6.42 Å². The van der Waals surface area contributed by atoms with Gasteiger partial charge in [0.1, 0.15) is 0 Å². The summed E-state index contributed by atoms with van der Waals surface area (Å²) < 4.78 is 14.3. The molecule has 0 aliphatic rings. The van der Waals surface area contributed by atoms with Crippen LogP contribution < -0.4 is 10.6 Å². The third-order valence-corrected chi connectivity index (χ3v) is 8.71. The van der Waals surface area contributed by atoms with Gasteiger partial charge >= 0.3 is 0 Å². The maximum atomic E-state index is 14.3. The average molecular weight is 384 g/mol. The predicted octanol–water partition coefficient (Wildman–Crippen LogP) is 5.67. The molecule has 0 unspecified atom stereocenters. The fraction of sp³-hybridized carbons (Fsp3) is 0.417. The van der Waals surface area contributed by atoms with Gasteiger partial charge in [-0.3, -0.25) is 0 Å². The van der Waals surface area contributed by atoms with E-state index in [9.17, 15) is 9.67 Å². The van der Waals surface area contributed by atoms with E-state index in [1.165, 1.54) is 25.7 Å². The summed E-state index contributed by atoms with van der Waals surface area (Å²) in [5.41, 5.74) is -0.474. The fourth-order valence-electron chi connectivity index (χ4n) is 3.64.